The Morgan fingerprint density at radius 3 is 2.00 bits per heavy atom. The average molecular weight is 264 g/mol. The van der Waals surface area contributed by atoms with Gasteiger partial charge in [-0.15, -0.1) is 0 Å². The first kappa shape index (κ1) is 14.7. The molecule has 0 bridgehead atoms. The van der Waals surface area contributed by atoms with E-state index in [-0.39, 0.29) is 11.8 Å². The summed E-state index contributed by atoms with van der Waals surface area (Å²) in [5.41, 5.74) is 0. The van der Waals surface area contributed by atoms with Crippen molar-refractivity contribution < 1.29 is 9.59 Å². The molecule has 2 rings (SSSR count). The molecule has 2 aliphatic rings. The minimum atomic E-state index is 0.0288. The fourth-order valence-electron chi connectivity index (χ4n) is 3.81. The van der Waals surface area contributed by atoms with Gasteiger partial charge in [0.1, 0.15) is 11.6 Å². The number of carbonyl (C=O) groups excluding carboxylic acids is 2. The van der Waals surface area contributed by atoms with Crippen LogP contribution >= 0.6 is 0 Å². The number of hydrogen-bond acceptors (Lipinski definition) is 2. The molecule has 0 heterocycles. The predicted molar refractivity (Wildman–Crippen MR) is 76.9 cm³/mol. The third kappa shape index (κ3) is 4.15. The van der Waals surface area contributed by atoms with Crippen molar-refractivity contribution in [2.24, 2.45) is 17.8 Å². The summed E-state index contributed by atoms with van der Waals surface area (Å²) < 4.78 is 0. The maximum atomic E-state index is 12.2. The van der Waals surface area contributed by atoms with E-state index < -0.39 is 0 Å². The molecule has 0 spiro atoms. The van der Waals surface area contributed by atoms with Crippen LogP contribution in [0.15, 0.2) is 0 Å². The van der Waals surface area contributed by atoms with Crippen LogP contribution in [0.25, 0.3) is 0 Å². The zero-order valence-corrected chi connectivity index (χ0v) is 12.3. The van der Waals surface area contributed by atoms with Gasteiger partial charge in [0.05, 0.1) is 0 Å². The smallest absolute Gasteiger partial charge is 0.137 e. The highest BCUT2D eigenvalue weighted by Crippen LogP contribution is 2.33. The van der Waals surface area contributed by atoms with Crippen LogP contribution in [-0.4, -0.2) is 11.6 Å². The highest BCUT2D eigenvalue weighted by molar-refractivity contribution is 5.96. The van der Waals surface area contributed by atoms with Gasteiger partial charge in [0.25, 0.3) is 0 Å². The van der Waals surface area contributed by atoms with E-state index in [9.17, 15) is 9.59 Å². The standard InChI is InChI=1S/C17H28O2/c1-2-14-11-17(19)15(12-16(14)18)10-13-8-6-4-3-5-7-9-13/h13-15H,2-12H2,1H3. The van der Waals surface area contributed by atoms with Crippen molar-refractivity contribution in [3.63, 3.8) is 0 Å². The van der Waals surface area contributed by atoms with Crippen LogP contribution < -0.4 is 0 Å². The molecule has 19 heavy (non-hydrogen) atoms. The quantitative estimate of drug-likeness (QED) is 0.761. The van der Waals surface area contributed by atoms with Crippen LogP contribution in [-0.2, 0) is 9.59 Å². The van der Waals surface area contributed by atoms with Gasteiger partial charge in [-0.1, -0.05) is 51.9 Å². The first-order chi connectivity index (χ1) is 9.20. The molecule has 0 N–H and O–H groups in total. The van der Waals surface area contributed by atoms with E-state index in [0.717, 1.165) is 12.8 Å². The number of rotatable bonds is 3. The molecule has 2 aliphatic carbocycles. The molecule has 0 aromatic rings. The second kappa shape index (κ2) is 7.21. The van der Waals surface area contributed by atoms with Crippen molar-refractivity contribution in [2.75, 3.05) is 0 Å². The van der Waals surface area contributed by atoms with E-state index in [2.05, 4.69) is 0 Å². The largest absolute Gasteiger partial charge is 0.299 e. The molecule has 2 heteroatoms. The Labute approximate surface area is 117 Å². The van der Waals surface area contributed by atoms with Gasteiger partial charge in [-0.2, -0.15) is 0 Å². The van der Waals surface area contributed by atoms with Crippen molar-refractivity contribution in [2.45, 2.75) is 77.6 Å². The van der Waals surface area contributed by atoms with Crippen LogP contribution in [0.3, 0.4) is 0 Å². The summed E-state index contributed by atoms with van der Waals surface area (Å²) in [6.45, 7) is 2.02. The van der Waals surface area contributed by atoms with Gasteiger partial charge in [-0.25, -0.2) is 0 Å². The molecular weight excluding hydrogens is 236 g/mol. The lowest BCUT2D eigenvalue weighted by atomic mass is 9.74. The number of hydrogen-bond donors (Lipinski definition) is 0. The molecule has 0 aromatic heterocycles. The number of carbonyl (C=O) groups is 2. The van der Waals surface area contributed by atoms with Crippen molar-refractivity contribution >= 4 is 11.6 Å². The van der Waals surface area contributed by atoms with Gasteiger partial charge in [0.2, 0.25) is 0 Å². The molecule has 2 saturated carbocycles. The summed E-state index contributed by atoms with van der Waals surface area (Å²) in [6.07, 6.45) is 12.1. The molecule has 0 amide bonds. The second-order valence-corrected chi connectivity index (χ2v) is 6.59. The summed E-state index contributed by atoms with van der Waals surface area (Å²) in [4.78, 5) is 24.2. The molecule has 108 valence electrons. The fraction of sp³-hybridized carbons (Fsp3) is 0.882. The third-order valence-corrected chi connectivity index (χ3v) is 5.14. The predicted octanol–water partition coefficient (Wildman–Crippen LogP) is 4.31. The second-order valence-electron chi connectivity index (χ2n) is 6.59. The minimum Gasteiger partial charge on any atom is -0.299 e. The molecule has 2 unspecified atom stereocenters. The maximum absolute atomic E-state index is 12.2. The number of ketones is 2. The zero-order valence-electron chi connectivity index (χ0n) is 12.3. The highest BCUT2D eigenvalue weighted by Gasteiger charge is 2.34. The number of Topliss-reactive ketones (excluding diaryl/α,β-unsaturated/α-hetero) is 2. The third-order valence-electron chi connectivity index (χ3n) is 5.14. The summed E-state index contributed by atoms with van der Waals surface area (Å²) in [5, 5.41) is 0. The lowest BCUT2D eigenvalue weighted by Gasteiger charge is -2.29. The van der Waals surface area contributed by atoms with E-state index in [1.54, 1.807) is 0 Å². The van der Waals surface area contributed by atoms with Gasteiger partial charge in [0.15, 0.2) is 0 Å². The minimum absolute atomic E-state index is 0.0288. The van der Waals surface area contributed by atoms with Crippen molar-refractivity contribution in [3.8, 4) is 0 Å². The maximum Gasteiger partial charge on any atom is 0.137 e. The van der Waals surface area contributed by atoms with Crippen LogP contribution in [0.1, 0.15) is 77.6 Å². The Balaban J connectivity index is 1.87. The van der Waals surface area contributed by atoms with Crippen molar-refractivity contribution in [1.82, 2.24) is 0 Å². The molecule has 0 saturated heterocycles. The van der Waals surface area contributed by atoms with E-state index in [1.807, 2.05) is 6.92 Å². The molecule has 0 radical (unpaired) electrons. The van der Waals surface area contributed by atoms with Crippen molar-refractivity contribution in [3.05, 3.63) is 0 Å². The van der Waals surface area contributed by atoms with Gasteiger partial charge in [-0.05, 0) is 18.8 Å². The van der Waals surface area contributed by atoms with E-state index >= 15 is 0 Å². The molecular formula is C17H28O2. The molecule has 2 fully saturated rings. The lowest BCUT2D eigenvalue weighted by molar-refractivity contribution is -0.137. The van der Waals surface area contributed by atoms with Gasteiger partial charge in [0, 0.05) is 24.7 Å². The summed E-state index contributed by atoms with van der Waals surface area (Å²) in [6, 6.07) is 0. The van der Waals surface area contributed by atoms with E-state index in [1.165, 1.54) is 44.9 Å². The molecule has 0 aromatic carbocycles. The van der Waals surface area contributed by atoms with Gasteiger partial charge >= 0.3 is 0 Å². The lowest BCUT2D eigenvalue weighted by Crippen LogP contribution is -2.33. The van der Waals surface area contributed by atoms with Gasteiger partial charge < -0.3 is 0 Å². The van der Waals surface area contributed by atoms with Gasteiger partial charge in [-0.3, -0.25) is 9.59 Å². The fourth-order valence-corrected chi connectivity index (χ4v) is 3.81. The Morgan fingerprint density at radius 2 is 1.37 bits per heavy atom. The normalized spacial score (nSPS) is 31.0. The van der Waals surface area contributed by atoms with E-state index in [0.29, 0.717) is 30.3 Å². The zero-order chi connectivity index (χ0) is 13.7. The summed E-state index contributed by atoms with van der Waals surface area (Å²) in [7, 11) is 0. The Bertz CT molecular complexity index is 313. The SMILES string of the molecule is CCC1CC(=O)C(CC2CCCCCCC2)CC1=O. The van der Waals surface area contributed by atoms with Crippen molar-refractivity contribution in [1.29, 1.82) is 0 Å². The first-order valence-corrected chi connectivity index (χ1v) is 8.26. The highest BCUT2D eigenvalue weighted by atomic mass is 16.1. The Kier molecular flexibility index (Phi) is 5.59. The Hall–Kier alpha value is -0.660. The molecule has 0 aliphatic heterocycles. The monoisotopic (exact) mass is 264 g/mol. The average Bonchev–Trinajstić information content (AvgIpc) is 2.36. The summed E-state index contributed by atoms with van der Waals surface area (Å²) in [5.74, 6) is 1.49. The van der Waals surface area contributed by atoms with E-state index in [4.69, 9.17) is 0 Å². The molecule has 2 nitrogen and oxygen atoms in total. The molecule has 2 atom stereocenters. The van der Waals surface area contributed by atoms with Crippen LogP contribution in [0.5, 0.6) is 0 Å². The van der Waals surface area contributed by atoms with Crippen LogP contribution in [0.4, 0.5) is 0 Å². The van der Waals surface area contributed by atoms with Crippen LogP contribution in [0, 0.1) is 17.8 Å². The van der Waals surface area contributed by atoms with Crippen LogP contribution in [0.2, 0.25) is 0 Å². The summed E-state index contributed by atoms with van der Waals surface area (Å²) >= 11 is 0. The first-order valence-electron chi connectivity index (χ1n) is 8.26. The topological polar surface area (TPSA) is 34.1 Å². The Morgan fingerprint density at radius 1 is 0.842 bits per heavy atom.